The van der Waals surface area contributed by atoms with Crippen LogP contribution in [-0.2, 0) is 11.2 Å². The fourth-order valence-electron chi connectivity index (χ4n) is 4.02. The number of halogens is 1. The molecule has 0 heterocycles. The van der Waals surface area contributed by atoms with Crippen LogP contribution in [0.4, 0.5) is 4.39 Å². The van der Waals surface area contributed by atoms with Gasteiger partial charge in [-0.2, -0.15) is 0 Å². The molecule has 2 aromatic rings. The number of aliphatic carboxylic acids is 1. The van der Waals surface area contributed by atoms with Gasteiger partial charge < -0.3 is 14.6 Å². The van der Waals surface area contributed by atoms with E-state index in [4.69, 9.17) is 14.6 Å². The first-order valence-electron chi connectivity index (χ1n) is 10.2. The molecular formula is C24H29FO4. The van der Waals surface area contributed by atoms with Crippen molar-refractivity contribution in [1.29, 1.82) is 0 Å². The van der Waals surface area contributed by atoms with Crippen LogP contribution in [0.15, 0.2) is 42.5 Å². The van der Waals surface area contributed by atoms with Gasteiger partial charge in [-0.3, -0.25) is 4.79 Å². The Morgan fingerprint density at radius 2 is 1.90 bits per heavy atom. The van der Waals surface area contributed by atoms with Crippen molar-refractivity contribution in [3.8, 4) is 11.5 Å². The summed E-state index contributed by atoms with van der Waals surface area (Å²) in [5, 5.41) is 9.07. The van der Waals surface area contributed by atoms with Crippen molar-refractivity contribution < 1.29 is 23.8 Å². The van der Waals surface area contributed by atoms with E-state index in [0.29, 0.717) is 24.7 Å². The van der Waals surface area contributed by atoms with Crippen LogP contribution in [0.5, 0.6) is 11.5 Å². The zero-order valence-electron chi connectivity index (χ0n) is 17.1. The first-order valence-corrected chi connectivity index (χ1v) is 10.2. The number of methoxy groups -OCH3 is 1. The third kappa shape index (κ3) is 5.72. The SMILES string of the molecule is COc1ccc(F)c([C@H]2CC[C@H](COc3cccc(CC(C)C(=O)O)c3)CC2)c1. The minimum Gasteiger partial charge on any atom is -0.497 e. The van der Waals surface area contributed by atoms with Gasteiger partial charge in [-0.25, -0.2) is 4.39 Å². The van der Waals surface area contributed by atoms with Crippen LogP contribution in [-0.4, -0.2) is 24.8 Å². The fraction of sp³-hybridized carbons (Fsp3) is 0.458. The molecule has 2 aromatic carbocycles. The molecule has 1 N–H and O–H groups in total. The molecule has 4 nitrogen and oxygen atoms in total. The van der Waals surface area contributed by atoms with Crippen molar-refractivity contribution in [2.24, 2.45) is 11.8 Å². The molecule has 0 spiro atoms. The van der Waals surface area contributed by atoms with Crippen LogP contribution >= 0.6 is 0 Å². The third-order valence-corrected chi connectivity index (χ3v) is 5.84. The molecule has 0 amide bonds. The lowest BCUT2D eigenvalue weighted by atomic mass is 9.79. The lowest BCUT2D eigenvalue weighted by molar-refractivity contribution is -0.141. The second kappa shape index (κ2) is 9.77. The molecule has 3 rings (SSSR count). The van der Waals surface area contributed by atoms with E-state index in [0.717, 1.165) is 42.6 Å². The minimum atomic E-state index is -0.791. The van der Waals surface area contributed by atoms with Crippen molar-refractivity contribution in [3.63, 3.8) is 0 Å². The number of hydrogen-bond donors (Lipinski definition) is 1. The average Bonchev–Trinajstić information content (AvgIpc) is 2.73. The van der Waals surface area contributed by atoms with Crippen molar-refractivity contribution in [2.45, 2.75) is 44.9 Å². The van der Waals surface area contributed by atoms with Crippen molar-refractivity contribution in [1.82, 2.24) is 0 Å². The fourth-order valence-corrected chi connectivity index (χ4v) is 4.02. The van der Waals surface area contributed by atoms with Gasteiger partial charge in [0.15, 0.2) is 0 Å². The van der Waals surface area contributed by atoms with Crippen LogP contribution in [0, 0.1) is 17.7 Å². The van der Waals surface area contributed by atoms with Gasteiger partial charge in [0, 0.05) is 0 Å². The Labute approximate surface area is 171 Å². The molecule has 5 heteroatoms. The van der Waals surface area contributed by atoms with E-state index in [1.54, 1.807) is 20.1 Å². The van der Waals surface area contributed by atoms with Gasteiger partial charge in [0.2, 0.25) is 0 Å². The summed E-state index contributed by atoms with van der Waals surface area (Å²) in [7, 11) is 1.60. The maximum Gasteiger partial charge on any atom is 0.306 e. The summed E-state index contributed by atoms with van der Waals surface area (Å²) in [6.07, 6.45) is 4.36. The average molecular weight is 400 g/mol. The van der Waals surface area contributed by atoms with Crippen molar-refractivity contribution >= 4 is 5.97 Å². The van der Waals surface area contributed by atoms with Crippen molar-refractivity contribution in [2.75, 3.05) is 13.7 Å². The number of carbonyl (C=O) groups is 1. The topological polar surface area (TPSA) is 55.8 Å². The van der Waals surface area contributed by atoms with E-state index in [-0.39, 0.29) is 11.7 Å². The maximum absolute atomic E-state index is 14.2. The summed E-state index contributed by atoms with van der Waals surface area (Å²) in [4.78, 5) is 11.0. The largest absolute Gasteiger partial charge is 0.497 e. The Morgan fingerprint density at radius 1 is 1.14 bits per heavy atom. The summed E-state index contributed by atoms with van der Waals surface area (Å²) in [5.74, 6) is 0.782. The summed E-state index contributed by atoms with van der Waals surface area (Å²) in [6, 6.07) is 12.6. The third-order valence-electron chi connectivity index (χ3n) is 5.84. The lowest BCUT2D eigenvalue weighted by Gasteiger charge is -2.29. The summed E-state index contributed by atoms with van der Waals surface area (Å²) >= 11 is 0. The van der Waals surface area contributed by atoms with Gasteiger partial charge >= 0.3 is 5.97 Å². The quantitative estimate of drug-likeness (QED) is 0.640. The number of carboxylic acid groups (broad SMARTS) is 1. The zero-order chi connectivity index (χ0) is 20.8. The molecule has 29 heavy (non-hydrogen) atoms. The normalized spacial score (nSPS) is 20.1. The van der Waals surface area contributed by atoms with Crippen LogP contribution < -0.4 is 9.47 Å². The van der Waals surface area contributed by atoms with Crippen LogP contribution in [0.2, 0.25) is 0 Å². The highest BCUT2D eigenvalue weighted by Gasteiger charge is 2.25. The van der Waals surface area contributed by atoms with E-state index >= 15 is 0 Å². The van der Waals surface area contributed by atoms with Gasteiger partial charge in [0.1, 0.15) is 17.3 Å². The highest BCUT2D eigenvalue weighted by Crippen LogP contribution is 2.38. The summed E-state index contributed by atoms with van der Waals surface area (Å²) in [5.41, 5.74) is 1.72. The first kappa shape index (κ1) is 21.2. The molecule has 1 unspecified atom stereocenters. The van der Waals surface area contributed by atoms with Gasteiger partial charge in [0.25, 0.3) is 0 Å². The molecule has 0 saturated heterocycles. The Hall–Kier alpha value is -2.56. The predicted octanol–water partition coefficient (Wildman–Crippen LogP) is 5.45. The Morgan fingerprint density at radius 3 is 2.59 bits per heavy atom. The highest BCUT2D eigenvalue weighted by molar-refractivity contribution is 5.69. The maximum atomic E-state index is 14.2. The van der Waals surface area contributed by atoms with Gasteiger partial charge in [-0.1, -0.05) is 19.1 Å². The highest BCUT2D eigenvalue weighted by atomic mass is 19.1. The molecule has 1 aliphatic carbocycles. The molecule has 1 fully saturated rings. The van der Waals surface area contributed by atoms with Gasteiger partial charge in [-0.15, -0.1) is 0 Å². The molecule has 0 bridgehead atoms. The molecular weight excluding hydrogens is 371 g/mol. The van der Waals surface area contributed by atoms with E-state index in [1.807, 2.05) is 30.3 Å². The number of hydrogen-bond acceptors (Lipinski definition) is 3. The first-order chi connectivity index (χ1) is 14.0. The Balaban J connectivity index is 1.51. The zero-order valence-corrected chi connectivity index (χ0v) is 17.1. The predicted molar refractivity (Wildman–Crippen MR) is 110 cm³/mol. The summed E-state index contributed by atoms with van der Waals surface area (Å²) < 4.78 is 25.4. The number of rotatable bonds is 8. The Bertz CT molecular complexity index is 827. The Kier molecular flexibility index (Phi) is 7.13. The van der Waals surface area contributed by atoms with Crippen LogP contribution in [0.3, 0.4) is 0 Å². The number of benzene rings is 2. The standard InChI is InChI=1S/C24H29FO4/c1-16(24(26)27)12-18-4-3-5-21(13-18)29-15-17-6-8-19(9-7-17)22-14-20(28-2)10-11-23(22)25/h3-5,10-11,13-14,16-17,19H,6-9,12,15H2,1-2H3,(H,26,27)/t16?,17-,19-. The molecule has 0 aliphatic heterocycles. The van der Waals surface area contributed by atoms with E-state index in [1.165, 1.54) is 6.07 Å². The number of carboxylic acids is 1. The van der Waals surface area contributed by atoms with E-state index in [2.05, 4.69) is 0 Å². The van der Waals surface area contributed by atoms with E-state index in [9.17, 15) is 9.18 Å². The molecule has 1 saturated carbocycles. The number of ether oxygens (including phenoxy) is 2. The molecule has 1 aliphatic rings. The lowest BCUT2D eigenvalue weighted by Crippen LogP contribution is -2.20. The summed E-state index contributed by atoms with van der Waals surface area (Å²) in [6.45, 7) is 2.34. The van der Waals surface area contributed by atoms with Crippen LogP contribution in [0.1, 0.15) is 49.7 Å². The second-order valence-electron chi connectivity index (χ2n) is 8.01. The van der Waals surface area contributed by atoms with E-state index < -0.39 is 11.9 Å². The van der Waals surface area contributed by atoms with Crippen LogP contribution in [0.25, 0.3) is 0 Å². The molecule has 0 aromatic heterocycles. The minimum absolute atomic E-state index is 0.155. The smallest absolute Gasteiger partial charge is 0.306 e. The molecule has 0 radical (unpaired) electrons. The van der Waals surface area contributed by atoms with Gasteiger partial charge in [0.05, 0.1) is 19.6 Å². The van der Waals surface area contributed by atoms with Gasteiger partial charge in [-0.05, 0) is 85.4 Å². The van der Waals surface area contributed by atoms with Crippen molar-refractivity contribution in [3.05, 3.63) is 59.4 Å². The molecule has 156 valence electrons. The second-order valence-corrected chi connectivity index (χ2v) is 8.01. The monoisotopic (exact) mass is 400 g/mol. The molecule has 1 atom stereocenters.